The van der Waals surface area contributed by atoms with E-state index in [-0.39, 0.29) is 29.9 Å². The van der Waals surface area contributed by atoms with E-state index in [1.54, 1.807) is 0 Å². The zero-order chi connectivity index (χ0) is 21.5. The Bertz CT molecular complexity index is 856. The van der Waals surface area contributed by atoms with Gasteiger partial charge in [-0.05, 0) is 44.7 Å². The first-order valence-corrected chi connectivity index (χ1v) is 12.8. The molecule has 4 rings (SSSR count). The summed E-state index contributed by atoms with van der Waals surface area (Å²) in [6.07, 6.45) is 4.76. The minimum atomic E-state index is 0. The second kappa shape index (κ2) is 12.7. The Hall–Kier alpha value is -1.42. The van der Waals surface area contributed by atoms with Crippen molar-refractivity contribution in [1.82, 2.24) is 15.5 Å². The van der Waals surface area contributed by atoms with Crippen LogP contribution in [0.3, 0.4) is 0 Å². The average Bonchev–Trinajstić information content (AvgIpc) is 3.23. The maximum Gasteiger partial charge on any atom is 0.225 e. The number of aliphatic imine (C=N–C) groups is 1. The van der Waals surface area contributed by atoms with E-state index in [1.807, 2.05) is 30.0 Å². The first-order valence-electron chi connectivity index (χ1n) is 11.6. The highest BCUT2D eigenvalue weighted by molar-refractivity contribution is 14.0. The summed E-state index contributed by atoms with van der Waals surface area (Å²) in [6, 6.07) is 10.6. The molecular formula is C24H35IN4O2S. The van der Waals surface area contributed by atoms with Crippen LogP contribution in [-0.4, -0.2) is 60.5 Å². The lowest BCUT2D eigenvalue weighted by molar-refractivity contribution is -0.136. The Balaban J connectivity index is 0.00000289. The number of benzene rings is 1. The molecule has 1 aromatic carbocycles. The molecule has 1 aliphatic carbocycles. The number of nitrogens with zero attached hydrogens (tertiary/aromatic N) is 2. The van der Waals surface area contributed by atoms with Crippen LogP contribution in [0.25, 0.3) is 11.0 Å². The molecule has 2 fully saturated rings. The molecule has 2 heterocycles. The van der Waals surface area contributed by atoms with Crippen LogP contribution in [0, 0.1) is 5.92 Å². The molecule has 0 radical (unpaired) electrons. The molecule has 0 unspecified atom stereocenters. The van der Waals surface area contributed by atoms with Crippen LogP contribution in [0.2, 0.25) is 0 Å². The van der Waals surface area contributed by atoms with E-state index >= 15 is 0 Å². The summed E-state index contributed by atoms with van der Waals surface area (Å²) in [5, 5.41) is 8.09. The number of hydrogen-bond acceptors (Lipinski definition) is 4. The molecule has 1 saturated heterocycles. The van der Waals surface area contributed by atoms with Crippen molar-refractivity contribution < 1.29 is 9.21 Å². The van der Waals surface area contributed by atoms with Gasteiger partial charge in [-0.1, -0.05) is 18.2 Å². The fourth-order valence-electron chi connectivity index (χ4n) is 4.48. The molecule has 0 spiro atoms. The minimum Gasteiger partial charge on any atom is -0.461 e. The second-order valence-electron chi connectivity index (χ2n) is 8.39. The number of fused-ring (bicyclic) bond motifs is 1. The quantitative estimate of drug-likeness (QED) is 0.308. The van der Waals surface area contributed by atoms with Gasteiger partial charge in [0.25, 0.3) is 0 Å². The van der Waals surface area contributed by atoms with Crippen LogP contribution in [0.4, 0.5) is 0 Å². The fourth-order valence-corrected chi connectivity index (χ4v) is 5.38. The molecule has 2 aromatic rings. The Morgan fingerprint density at radius 2 is 1.94 bits per heavy atom. The van der Waals surface area contributed by atoms with Crippen molar-refractivity contribution in [2.24, 2.45) is 10.9 Å². The number of para-hydroxylation sites is 1. The number of guanidine groups is 1. The number of hydrogen-bond donors (Lipinski definition) is 2. The zero-order valence-electron chi connectivity index (χ0n) is 18.8. The van der Waals surface area contributed by atoms with Gasteiger partial charge in [-0.15, -0.1) is 24.0 Å². The fraction of sp³-hybridized carbons (Fsp3) is 0.583. The lowest BCUT2D eigenvalue weighted by Crippen LogP contribution is -2.47. The lowest BCUT2D eigenvalue weighted by Gasteiger charge is -2.34. The molecule has 8 heteroatoms. The van der Waals surface area contributed by atoms with Crippen molar-refractivity contribution in [3.63, 3.8) is 0 Å². The van der Waals surface area contributed by atoms with Gasteiger partial charge in [0.1, 0.15) is 11.3 Å². The van der Waals surface area contributed by atoms with Gasteiger partial charge in [-0.2, -0.15) is 11.8 Å². The van der Waals surface area contributed by atoms with Crippen molar-refractivity contribution >= 4 is 58.6 Å². The maximum absolute atomic E-state index is 12.8. The molecule has 2 aliphatic rings. The highest BCUT2D eigenvalue weighted by Gasteiger charge is 2.30. The van der Waals surface area contributed by atoms with Gasteiger partial charge in [-0.3, -0.25) is 9.79 Å². The second-order valence-corrected chi connectivity index (χ2v) is 9.62. The van der Waals surface area contributed by atoms with Crippen LogP contribution in [0.1, 0.15) is 38.4 Å². The molecule has 2 N–H and O–H groups in total. The summed E-state index contributed by atoms with van der Waals surface area (Å²) in [7, 11) is 0. The molecule has 1 aromatic heterocycles. The zero-order valence-corrected chi connectivity index (χ0v) is 22.0. The van der Waals surface area contributed by atoms with Gasteiger partial charge in [0, 0.05) is 61.5 Å². The number of rotatable bonds is 6. The van der Waals surface area contributed by atoms with Crippen LogP contribution in [-0.2, 0) is 11.2 Å². The average molecular weight is 571 g/mol. The summed E-state index contributed by atoms with van der Waals surface area (Å²) in [6.45, 7) is 5.43. The van der Waals surface area contributed by atoms with Crippen molar-refractivity contribution in [2.75, 3.05) is 37.7 Å². The van der Waals surface area contributed by atoms with E-state index in [4.69, 9.17) is 9.41 Å². The van der Waals surface area contributed by atoms with Gasteiger partial charge in [0.2, 0.25) is 5.91 Å². The third-order valence-electron chi connectivity index (χ3n) is 6.19. The number of halogens is 1. The smallest absolute Gasteiger partial charge is 0.225 e. The van der Waals surface area contributed by atoms with E-state index in [0.717, 1.165) is 85.9 Å². The monoisotopic (exact) mass is 570 g/mol. The number of amides is 1. The minimum absolute atomic E-state index is 0. The standard InChI is InChI=1S/C24H34N4O2S.HI/c1-2-25-24(26-12-11-21-17-19-5-3-4-6-22(19)30-21)27-20-9-7-18(8-10-20)23(29)28-13-15-31-16-14-28;/h3-6,17-18,20H,2,7-16H2,1H3,(H2,25,26,27);1H. The predicted octanol–water partition coefficient (Wildman–Crippen LogP) is 4.28. The molecule has 32 heavy (non-hydrogen) atoms. The molecule has 0 atom stereocenters. The summed E-state index contributed by atoms with van der Waals surface area (Å²) < 4.78 is 5.90. The molecule has 176 valence electrons. The van der Waals surface area contributed by atoms with Gasteiger partial charge < -0.3 is 20.0 Å². The normalized spacial score (nSPS) is 21.8. The maximum atomic E-state index is 12.8. The van der Waals surface area contributed by atoms with E-state index in [9.17, 15) is 4.79 Å². The predicted molar refractivity (Wildman–Crippen MR) is 144 cm³/mol. The third kappa shape index (κ3) is 6.79. The van der Waals surface area contributed by atoms with Crippen LogP contribution in [0.5, 0.6) is 0 Å². The number of thioether (sulfide) groups is 1. The highest BCUT2D eigenvalue weighted by atomic mass is 127. The van der Waals surface area contributed by atoms with Crippen molar-refractivity contribution in [3.05, 3.63) is 36.1 Å². The Morgan fingerprint density at radius 1 is 1.19 bits per heavy atom. The first-order chi connectivity index (χ1) is 15.2. The molecule has 1 aliphatic heterocycles. The van der Waals surface area contributed by atoms with Crippen molar-refractivity contribution in [1.29, 1.82) is 0 Å². The van der Waals surface area contributed by atoms with Crippen molar-refractivity contribution in [2.45, 2.75) is 45.1 Å². The summed E-state index contributed by atoms with van der Waals surface area (Å²) in [5.74, 6) is 4.58. The number of carbonyl (C=O) groups is 1. The molecule has 6 nitrogen and oxygen atoms in total. The topological polar surface area (TPSA) is 69.9 Å². The molecule has 0 bridgehead atoms. The van der Waals surface area contributed by atoms with Gasteiger partial charge in [0.15, 0.2) is 5.96 Å². The summed E-state index contributed by atoms with van der Waals surface area (Å²) in [4.78, 5) is 19.6. The van der Waals surface area contributed by atoms with Crippen LogP contribution in [0.15, 0.2) is 39.7 Å². The number of nitrogens with one attached hydrogen (secondary N) is 2. The van der Waals surface area contributed by atoms with Crippen LogP contribution < -0.4 is 10.6 Å². The molecule has 1 amide bonds. The molecule has 1 saturated carbocycles. The van der Waals surface area contributed by atoms with E-state index in [1.165, 1.54) is 0 Å². The Labute approximate surface area is 212 Å². The number of furan rings is 1. The van der Waals surface area contributed by atoms with Gasteiger partial charge >= 0.3 is 0 Å². The summed E-state index contributed by atoms with van der Waals surface area (Å²) >= 11 is 1.95. The van der Waals surface area contributed by atoms with E-state index in [2.05, 4.69) is 34.6 Å². The van der Waals surface area contributed by atoms with E-state index in [0.29, 0.717) is 18.5 Å². The highest BCUT2D eigenvalue weighted by Crippen LogP contribution is 2.27. The van der Waals surface area contributed by atoms with Crippen molar-refractivity contribution in [3.8, 4) is 0 Å². The largest absolute Gasteiger partial charge is 0.461 e. The van der Waals surface area contributed by atoms with E-state index < -0.39 is 0 Å². The lowest BCUT2D eigenvalue weighted by atomic mass is 9.85. The Kier molecular flexibility index (Phi) is 10.0. The first kappa shape index (κ1) is 25.2. The number of carbonyl (C=O) groups excluding carboxylic acids is 1. The van der Waals surface area contributed by atoms with Crippen LogP contribution >= 0.6 is 35.7 Å². The summed E-state index contributed by atoms with van der Waals surface area (Å²) in [5.41, 5.74) is 0.932. The van der Waals surface area contributed by atoms with Gasteiger partial charge in [0.05, 0.1) is 0 Å². The molecular weight excluding hydrogens is 535 g/mol. The Morgan fingerprint density at radius 3 is 2.66 bits per heavy atom. The van der Waals surface area contributed by atoms with Gasteiger partial charge in [-0.25, -0.2) is 0 Å². The third-order valence-corrected chi connectivity index (χ3v) is 7.13. The SMILES string of the molecule is CCNC(=NCCc1cc2ccccc2o1)NC1CCC(C(=O)N2CCSCC2)CC1.I.